The zero-order valence-electron chi connectivity index (χ0n) is 7.66. The van der Waals surface area contributed by atoms with Crippen LogP contribution < -0.4 is 5.32 Å². The lowest BCUT2D eigenvalue weighted by atomic mass is 10.2. The third-order valence-electron chi connectivity index (χ3n) is 1.76. The molecule has 2 unspecified atom stereocenters. The number of rotatable bonds is 4. The maximum Gasteiger partial charge on any atom is 0.0954 e. The van der Waals surface area contributed by atoms with Crippen molar-refractivity contribution in [1.29, 1.82) is 0 Å². The zero-order chi connectivity index (χ0) is 8.81. The molecule has 0 aromatic rings. The predicted octanol–water partition coefficient (Wildman–Crippen LogP) is -0.349. The van der Waals surface area contributed by atoms with Crippen LogP contribution in [0.4, 0.5) is 0 Å². The average Bonchev–Trinajstić information content (AvgIpc) is 2.06. The van der Waals surface area contributed by atoms with E-state index >= 15 is 0 Å². The van der Waals surface area contributed by atoms with E-state index in [4.69, 9.17) is 14.2 Å². The molecular weight excluding hydrogens is 158 g/mol. The highest BCUT2D eigenvalue weighted by Crippen LogP contribution is 2.05. The summed E-state index contributed by atoms with van der Waals surface area (Å²) >= 11 is 0. The minimum absolute atomic E-state index is 0.115. The fourth-order valence-electron chi connectivity index (χ4n) is 1.28. The van der Waals surface area contributed by atoms with Crippen molar-refractivity contribution in [3.05, 3.63) is 0 Å². The quantitative estimate of drug-likeness (QED) is 0.585. The van der Waals surface area contributed by atoms with Gasteiger partial charge in [-0.15, -0.1) is 0 Å². The molecule has 0 aromatic heterocycles. The Balaban J connectivity index is 2.20. The van der Waals surface area contributed by atoms with E-state index in [9.17, 15) is 0 Å². The Morgan fingerprint density at radius 1 is 1.17 bits per heavy atom. The first-order valence-electron chi connectivity index (χ1n) is 4.13. The summed E-state index contributed by atoms with van der Waals surface area (Å²) in [5.41, 5.74) is 0. The molecule has 2 atom stereocenters. The van der Waals surface area contributed by atoms with E-state index in [1.54, 1.807) is 14.2 Å². The van der Waals surface area contributed by atoms with Crippen molar-refractivity contribution >= 4 is 0 Å². The fourth-order valence-corrected chi connectivity index (χ4v) is 1.28. The summed E-state index contributed by atoms with van der Waals surface area (Å²) in [6.07, 6.45) is 0.229. The molecular formula is C8H16NO3. The molecule has 12 heavy (non-hydrogen) atoms. The number of nitrogens with zero attached hydrogens (tertiary/aromatic N) is 1. The van der Waals surface area contributed by atoms with Crippen molar-refractivity contribution in [3.8, 4) is 0 Å². The molecule has 4 heteroatoms. The Bertz CT molecular complexity index is 105. The monoisotopic (exact) mass is 174 g/mol. The molecule has 0 saturated carbocycles. The summed E-state index contributed by atoms with van der Waals surface area (Å²) in [6.45, 7) is 2.72. The molecule has 4 nitrogen and oxygen atoms in total. The van der Waals surface area contributed by atoms with Gasteiger partial charge in [-0.25, -0.2) is 5.32 Å². The molecule has 1 heterocycles. The van der Waals surface area contributed by atoms with Gasteiger partial charge in [0.25, 0.3) is 0 Å². The molecule has 1 radical (unpaired) electrons. The molecule has 0 amide bonds. The topological polar surface area (TPSA) is 41.8 Å². The summed E-state index contributed by atoms with van der Waals surface area (Å²) in [4.78, 5) is 0. The lowest BCUT2D eigenvalue weighted by Crippen LogP contribution is -2.44. The number of hydrogen-bond donors (Lipinski definition) is 0. The molecule has 0 N–H and O–H groups in total. The second-order valence-corrected chi connectivity index (χ2v) is 2.88. The standard InChI is InChI=1S/C8H16NO3/c1-10-5-7-3-9-4-8(12-7)6-11-2/h7-8H,3-6H2,1-2H3. The van der Waals surface area contributed by atoms with Gasteiger partial charge in [-0.2, -0.15) is 0 Å². The molecule has 1 aliphatic heterocycles. The van der Waals surface area contributed by atoms with Crippen LogP contribution in [0, 0.1) is 0 Å². The summed E-state index contributed by atoms with van der Waals surface area (Å²) < 4.78 is 15.6. The van der Waals surface area contributed by atoms with Gasteiger partial charge >= 0.3 is 0 Å². The van der Waals surface area contributed by atoms with E-state index in [2.05, 4.69) is 5.32 Å². The van der Waals surface area contributed by atoms with Crippen LogP contribution in [0.3, 0.4) is 0 Å². The molecule has 0 spiro atoms. The Labute approximate surface area is 73.2 Å². The SMILES string of the molecule is COCC1C[N]CC(COC)O1. The van der Waals surface area contributed by atoms with E-state index in [0.717, 1.165) is 13.1 Å². The van der Waals surface area contributed by atoms with Crippen LogP contribution in [0.15, 0.2) is 0 Å². The van der Waals surface area contributed by atoms with Crippen molar-refractivity contribution in [2.75, 3.05) is 40.5 Å². The molecule has 0 aromatic carbocycles. The third-order valence-corrected chi connectivity index (χ3v) is 1.76. The lowest BCUT2D eigenvalue weighted by molar-refractivity contribution is -0.0916. The fraction of sp³-hybridized carbons (Fsp3) is 1.00. The number of morpholine rings is 1. The number of hydrogen-bond acceptors (Lipinski definition) is 3. The second kappa shape index (κ2) is 5.48. The van der Waals surface area contributed by atoms with Gasteiger partial charge in [0.2, 0.25) is 0 Å². The van der Waals surface area contributed by atoms with Crippen LogP contribution in [-0.4, -0.2) is 52.7 Å². The minimum Gasteiger partial charge on any atom is -0.382 e. The smallest absolute Gasteiger partial charge is 0.0954 e. The van der Waals surface area contributed by atoms with E-state index in [0.29, 0.717) is 13.2 Å². The van der Waals surface area contributed by atoms with Crippen LogP contribution in [-0.2, 0) is 14.2 Å². The van der Waals surface area contributed by atoms with Gasteiger partial charge in [0.15, 0.2) is 0 Å². The van der Waals surface area contributed by atoms with Gasteiger partial charge in [-0.05, 0) is 0 Å². The second-order valence-electron chi connectivity index (χ2n) is 2.88. The highest BCUT2D eigenvalue weighted by molar-refractivity contribution is 4.73. The van der Waals surface area contributed by atoms with Gasteiger partial charge in [0, 0.05) is 27.3 Å². The molecule has 1 rings (SSSR count). The maximum absolute atomic E-state index is 5.62. The summed E-state index contributed by atoms with van der Waals surface area (Å²) in [6, 6.07) is 0. The van der Waals surface area contributed by atoms with Crippen molar-refractivity contribution in [2.45, 2.75) is 12.2 Å². The highest BCUT2D eigenvalue weighted by Gasteiger charge is 2.22. The number of ether oxygens (including phenoxy) is 3. The summed E-state index contributed by atoms with van der Waals surface area (Å²) in [5, 5.41) is 4.29. The van der Waals surface area contributed by atoms with E-state index < -0.39 is 0 Å². The minimum atomic E-state index is 0.115. The van der Waals surface area contributed by atoms with Crippen LogP contribution in [0.5, 0.6) is 0 Å². The van der Waals surface area contributed by atoms with Crippen molar-refractivity contribution < 1.29 is 14.2 Å². The first-order chi connectivity index (χ1) is 5.86. The van der Waals surface area contributed by atoms with Gasteiger partial charge in [0.1, 0.15) is 0 Å². The van der Waals surface area contributed by atoms with E-state index in [1.165, 1.54) is 0 Å². The van der Waals surface area contributed by atoms with Crippen molar-refractivity contribution in [2.24, 2.45) is 0 Å². The molecule has 0 aliphatic carbocycles. The summed E-state index contributed by atoms with van der Waals surface area (Å²) in [7, 11) is 3.34. The molecule has 1 saturated heterocycles. The Morgan fingerprint density at radius 3 is 2.08 bits per heavy atom. The Morgan fingerprint density at radius 2 is 1.67 bits per heavy atom. The van der Waals surface area contributed by atoms with Gasteiger partial charge in [0.05, 0.1) is 25.4 Å². The van der Waals surface area contributed by atoms with E-state index in [1.807, 2.05) is 0 Å². The normalized spacial score (nSPS) is 30.5. The van der Waals surface area contributed by atoms with Crippen LogP contribution in [0.1, 0.15) is 0 Å². The Kier molecular flexibility index (Phi) is 4.53. The number of methoxy groups -OCH3 is 2. The summed E-state index contributed by atoms with van der Waals surface area (Å²) in [5.74, 6) is 0. The molecule has 1 aliphatic rings. The van der Waals surface area contributed by atoms with Crippen LogP contribution >= 0.6 is 0 Å². The highest BCUT2D eigenvalue weighted by atomic mass is 16.6. The van der Waals surface area contributed by atoms with Crippen molar-refractivity contribution in [3.63, 3.8) is 0 Å². The first-order valence-corrected chi connectivity index (χ1v) is 4.13. The maximum atomic E-state index is 5.62. The van der Waals surface area contributed by atoms with Crippen LogP contribution in [0.25, 0.3) is 0 Å². The lowest BCUT2D eigenvalue weighted by Gasteiger charge is -2.28. The van der Waals surface area contributed by atoms with E-state index in [-0.39, 0.29) is 12.2 Å². The van der Waals surface area contributed by atoms with Gasteiger partial charge < -0.3 is 14.2 Å². The largest absolute Gasteiger partial charge is 0.382 e. The molecule has 1 fully saturated rings. The molecule has 71 valence electrons. The predicted molar refractivity (Wildman–Crippen MR) is 44.3 cm³/mol. The Hall–Kier alpha value is -0.160. The average molecular weight is 174 g/mol. The molecule has 0 bridgehead atoms. The third kappa shape index (κ3) is 3.06. The van der Waals surface area contributed by atoms with Crippen LogP contribution in [0.2, 0.25) is 0 Å². The van der Waals surface area contributed by atoms with Gasteiger partial charge in [-0.1, -0.05) is 0 Å². The van der Waals surface area contributed by atoms with Crippen molar-refractivity contribution in [1.82, 2.24) is 5.32 Å². The van der Waals surface area contributed by atoms with Gasteiger partial charge in [-0.3, -0.25) is 0 Å². The first kappa shape index (κ1) is 9.92. The zero-order valence-corrected chi connectivity index (χ0v) is 7.66.